The molecule has 0 fully saturated rings. The molecule has 0 atom stereocenters. The molecule has 11 heteroatoms. The van der Waals surface area contributed by atoms with Crippen LogP contribution in [-0.4, -0.2) is 38.2 Å². The zero-order chi connectivity index (χ0) is 26.3. The number of carbonyl (C=O) groups excluding carboxylic acids is 2. The number of hydrogen-bond acceptors (Lipinski definition) is 6. The standard InChI is InChI=1S/C25H26N4O6S/c1-18(2)16-26-25(31)20-12-6-7-13-21(20)27-24(30)17-28(19-10-4-3-5-11-19)36(34,35)23-15-9-8-14-22(23)29(32)33/h3-15,18H,16-17H2,1-2H3,(H,26,31)(H,27,30). The fraction of sp³-hybridized carbons (Fsp3) is 0.200. The lowest BCUT2D eigenvalue weighted by atomic mass is 10.1. The highest BCUT2D eigenvalue weighted by Crippen LogP contribution is 2.29. The first-order valence-electron chi connectivity index (χ1n) is 11.1. The summed E-state index contributed by atoms with van der Waals surface area (Å²) < 4.78 is 27.9. The Balaban J connectivity index is 1.94. The van der Waals surface area contributed by atoms with E-state index >= 15 is 0 Å². The minimum Gasteiger partial charge on any atom is -0.352 e. The lowest BCUT2D eigenvalue weighted by Gasteiger charge is -2.24. The third kappa shape index (κ3) is 6.25. The van der Waals surface area contributed by atoms with E-state index in [1.165, 1.54) is 30.3 Å². The zero-order valence-corrected chi connectivity index (χ0v) is 20.6. The largest absolute Gasteiger partial charge is 0.352 e. The average molecular weight is 511 g/mol. The zero-order valence-electron chi connectivity index (χ0n) is 19.7. The van der Waals surface area contributed by atoms with Crippen molar-refractivity contribution in [2.24, 2.45) is 5.92 Å². The molecule has 0 aliphatic carbocycles. The fourth-order valence-corrected chi connectivity index (χ4v) is 4.94. The van der Waals surface area contributed by atoms with Crippen LogP contribution in [-0.2, 0) is 14.8 Å². The van der Waals surface area contributed by atoms with Crippen molar-refractivity contribution >= 4 is 38.9 Å². The molecule has 2 N–H and O–H groups in total. The van der Waals surface area contributed by atoms with Crippen molar-refractivity contribution in [1.82, 2.24) is 5.32 Å². The van der Waals surface area contributed by atoms with Crippen LogP contribution in [0.25, 0.3) is 0 Å². The minimum atomic E-state index is -4.51. The topological polar surface area (TPSA) is 139 Å². The fourth-order valence-electron chi connectivity index (χ4n) is 3.36. The summed E-state index contributed by atoms with van der Waals surface area (Å²) in [6.07, 6.45) is 0. The first kappa shape index (κ1) is 26.4. The first-order valence-corrected chi connectivity index (χ1v) is 12.5. The van der Waals surface area contributed by atoms with Gasteiger partial charge in [0.05, 0.1) is 21.9 Å². The molecule has 188 valence electrons. The van der Waals surface area contributed by atoms with E-state index in [2.05, 4.69) is 10.6 Å². The number of nitrogens with zero attached hydrogens (tertiary/aromatic N) is 2. The Bertz CT molecular complexity index is 1360. The van der Waals surface area contributed by atoms with Crippen LogP contribution in [0, 0.1) is 16.0 Å². The van der Waals surface area contributed by atoms with Crippen molar-refractivity contribution in [3.8, 4) is 0 Å². The van der Waals surface area contributed by atoms with Gasteiger partial charge in [0.25, 0.3) is 21.6 Å². The number of nitro benzene ring substituents is 1. The SMILES string of the molecule is CC(C)CNC(=O)c1ccccc1NC(=O)CN(c1ccccc1)S(=O)(=O)c1ccccc1[N+](=O)[O-]. The Kier molecular flexibility index (Phi) is 8.38. The minimum absolute atomic E-state index is 0.147. The van der Waals surface area contributed by atoms with Gasteiger partial charge in [-0.2, -0.15) is 0 Å². The molecule has 10 nitrogen and oxygen atoms in total. The predicted molar refractivity (Wildman–Crippen MR) is 136 cm³/mol. The Labute approximate surface area is 209 Å². The van der Waals surface area contributed by atoms with Gasteiger partial charge in [-0.05, 0) is 36.2 Å². The van der Waals surface area contributed by atoms with Crippen LogP contribution in [0.15, 0.2) is 83.8 Å². The number of carbonyl (C=O) groups is 2. The smallest absolute Gasteiger partial charge is 0.289 e. The molecule has 3 aromatic rings. The van der Waals surface area contributed by atoms with E-state index in [4.69, 9.17) is 0 Å². The monoisotopic (exact) mass is 510 g/mol. The van der Waals surface area contributed by atoms with Gasteiger partial charge >= 0.3 is 0 Å². The summed E-state index contributed by atoms with van der Waals surface area (Å²) >= 11 is 0. The predicted octanol–water partition coefficient (Wildman–Crippen LogP) is 3.81. The van der Waals surface area contributed by atoms with Crippen molar-refractivity contribution in [3.05, 3.63) is 94.5 Å². The molecule has 0 unspecified atom stereocenters. The normalized spacial score (nSPS) is 11.1. The van der Waals surface area contributed by atoms with E-state index in [-0.39, 0.29) is 28.8 Å². The van der Waals surface area contributed by atoms with Crippen molar-refractivity contribution < 1.29 is 22.9 Å². The van der Waals surface area contributed by atoms with E-state index in [0.29, 0.717) is 6.54 Å². The molecule has 3 aromatic carbocycles. The number of para-hydroxylation sites is 3. The molecule has 0 saturated carbocycles. The van der Waals surface area contributed by atoms with Crippen LogP contribution in [0.1, 0.15) is 24.2 Å². The Morgan fingerprint density at radius 3 is 2.22 bits per heavy atom. The molecular weight excluding hydrogens is 484 g/mol. The third-order valence-electron chi connectivity index (χ3n) is 5.08. The number of hydrogen-bond donors (Lipinski definition) is 2. The van der Waals surface area contributed by atoms with Crippen LogP contribution in [0.3, 0.4) is 0 Å². The third-order valence-corrected chi connectivity index (χ3v) is 6.90. The maximum atomic E-state index is 13.5. The molecule has 0 spiro atoms. The number of sulfonamides is 1. The van der Waals surface area contributed by atoms with Crippen molar-refractivity contribution in [2.75, 3.05) is 22.7 Å². The molecule has 36 heavy (non-hydrogen) atoms. The Morgan fingerprint density at radius 2 is 1.56 bits per heavy atom. The molecular formula is C25H26N4O6S. The van der Waals surface area contributed by atoms with Crippen LogP contribution >= 0.6 is 0 Å². The van der Waals surface area contributed by atoms with E-state index in [1.54, 1.807) is 36.4 Å². The highest BCUT2D eigenvalue weighted by molar-refractivity contribution is 7.93. The number of rotatable bonds is 10. The van der Waals surface area contributed by atoms with Gasteiger partial charge < -0.3 is 10.6 Å². The molecule has 0 aromatic heterocycles. The summed E-state index contributed by atoms with van der Waals surface area (Å²) in [4.78, 5) is 35.8. The van der Waals surface area contributed by atoms with Crippen molar-refractivity contribution in [3.63, 3.8) is 0 Å². The van der Waals surface area contributed by atoms with E-state index in [0.717, 1.165) is 16.4 Å². The van der Waals surface area contributed by atoms with Gasteiger partial charge in [0.2, 0.25) is 5.91 Å². The Morgan fingerprint density at radius 1 is 0.944 bits per heavy atom. The van der Waals surface area contributed by atoms with Crippen LogP contribution in [0.5, 0.6) is 0 Å². The lowest BCUT2D eigenvalue weighted by molar-refractivity contribution is -0.387. The van der Waals surface area contributed by atoms with E-state index < -0.39 is 38.0 Å². The maximum absolute atomic E-state index is 13.5. The summed E-state index contributed by atoms with van der Waals surface area (Å²) in [7, 11) is -4.51. The van der Waals surface area contributed by atoms with Crippen LogP contribution in [0.2, 0.25) is 0 Å². The first-order chi connectivity index (χ1) is 17.1. The molecule has 0 aliphatic heterocycles. The number of nitro groups is 1. The molecule has 0 radical (unpaired) electrons. The lowest BCUT2D eigenvalue weighted by Crippen LogP contribution is -2.38. The molecule has 0 heterocycles. The van der Waals surface area contributed by atoms with Gasteiger partial charge in [0, 0.05) is 12.6 Å². The second-order valence-electron chi connectivity index (χ2n) is 8.27. The van der Waals surface area contributed by atoms with Crippen molar-refractivity contribution in [2.45, 2.75) is 18.7 Å². The average Bonchev–Trinajstić information content (AvgIpc) is 2.86. The molecule has 0 bridgehead atoms. The number of anilines is 2. The number of nitrogens with one attached hydrogen (secondary N) is 2. The van der Waals surface area contributed by atoms with Crippen LogP contribution < -0.4 is 14.9 Å². The van der Waals surface area contributed by atoms with Crippen molar-refractivity contribution in [1.29, 1.82) is 0 Å². The van der Waals surface area contributed by atoms with E-state index in [1.807, 2.05) is 13.8 Å². The quantitative estimate of drug-likeness (QED) is 0.314. The van der Waals surface area contributed by atoms with Crippen LogP contribution in [0.4, 0.5) is 17.1 Å². The highest BCUT2D eigenvalue weighted by Gasteiger charge is 2.33. The summed E-state index contributed by atoms with van der Waals surface area (Å²) in [5.41, 5.74) is -0.0288. The molecule has 2 amide bonds. The summed E-state index contributed by atoms with van der Waals surface area (Å²) in [6.45, 7) is 3.66. The van der Waals surface area contributed by atoms with Gasteiger partial charge in [0.15, 0.2) is 4.90 Å². The maximum Gasteiger partial charge on any atom is 0.289 e. The molecule has 0 aliphatic rings. The second kappa shape index (κ2) is 11.5. The van der Waals surface area contributed by atoms with Gasteiger partial charge in [-0.3, -0.25) is 24.0 Å². The number of benzene rings is 3. The summed E-state index contributed by atoms with van der Waals surface area (Å²) in [5, 5.41) is 16.9. The summed E-state index contributed by atoms with van der Waals surface area (Å²) in [5.74, 6) is -0.889. The van der Waals surface area contributed by atoms with E-state index in [9.17, 15) is 28.1 Å². The highest BCUT2D eigenvalue weighted by atomic mass is 32.2. The van der Waals surface area contributed by atoms with Gasteiger partial charge in [-0.1, -0.05) is 56.3 Å². The second-order valence-corrected chi connectivity index (χ2v) is 10.1. The van der Waals surface area contributed by atoms with Gasteiger partial charge in [0.1, 0.15) is 6.54 Å². The molecule has 0 saturated heterocycles. The Hall–Kier alpha value is -4.25. The molecule has 3 rings (SSSR count). The van der Waals surface area contributed by atoms with Gasteiger partial charge in [-0.15, -0.1) is 0 Å². The number of amides is 2. The summed E-state index contributed by atoms with van der Waals surface area (Å²) in [6, 6.07) is 19.1. The van der Waals surface area contributed by atoms with Gasteiger partial charge in [-0.25, -0.2) is 8.42 Å².